The number of nitrogens with zero attached hydrogens (tertiary/aromatic N) is 1. The molecule has 2 aromatic rings. The monoisotopic (exact) mass is 485 g/mol. The first-order valence-corrected chi connectivity index (χ1v) is 14.4. The Bertz CT molecular complexity index is 1070. The van der Waals surface area contributed by atoms with Crippen molar-refractivity contribution in [1.29, 1.82) is 0 Å². The van der Waals surface area contributed by atoms with E-state index in [1.54, 1.807) is 14.2 Å². The van der Waals surface area contributed by atoms with E-state index in [9.17, 15) is 4.79 Å². The lowest BCUT2D eigenvalue weighted by Gasteiger charge is -2.49. The molecular formula is C26H35NO6Si. The minimum Gasteiger partial charge on any atom is -0.466 e. The van der Waals surface area contributed by atoms with Gasteiger partial charge in [0.05, 0.1) is 19.2 Å². The fourth-order valence-electron chi connectivity index (χ4n) is 4.81. The van der Waals surface area contributed by atoms with Crippen molar-refractivity contribution in [1.82, 2.24) is 0 Å². The second-order valence-electron chi connectivity index (χ2n) is 10.4. The van der Waals surface area contributed by atoms with Gasteiger partial charge in [-0.25, -0.2) is 4.79 Å². The Morgan fingerprint density at radius 2 is 1.59 bits per heavy atom. The number of carbonyl (C=O) groups is 1. The van der Waals surface area contributed by atoms with Crippen molar-refractivity contribution in [2.45, 2.75) is 62.6 Å². The van der Waals surface area contributed by atoms with Gasteiger partial charge in [0, 0.05) is 25.5 Å². The lowest BCUT2D eigenvalue weighted by atomic mass is 9.84. The van der Waals surface area contributed by atoms with Crippen molar-refractivity contribution in [2.24, 2.45) is 0 Å². The molecule has 7 nitrogen and oxygen atoms in total. The van der Waals surface area contributed by atoms with E-state index in [0.717, 1.165) is 11.4 Å². The van der Waals surface area contributed by atoms with Gasteiger partial charge in [0.2, 0.25) is 11.4 Å². The van der Waals surface area contributed by atoms with Crippen LogP contribution in [-0.4, -0.2) is 47.3 Å². The fraction of sp³-hybridized carbons (Fsp3) is 0.500. The number of rotatable bonds is 6. The highest BCUT2D eigenvalue weighted by Crippen LogP contribution is 2.64. The topological polar surface area (TPSA) is 66.5 Å². The lowest BCUT2D eigenvalue weighted by Crippen LogP contribution is -2.63. The van der Waals surface area contributed by atoms with E-state index in [1.807, 2.05) is 59.5 Å². The molecule has 2 aliphatic rings. The number of fused-ring (bicyclic) bond motifs is 4. The van der Waals surface area contributed by atoms with Gasteiger partial charge in [-0.1, -0.05) is 57.2 Å². The first kappa shape index (κ1) is 24.9. The van der Waals surface area contributed by atoms with E-state index in [0.29, 0.717) is 5.56 Å². The summed E-state index contributed by atoms with van der Waals surface area (Å²) in [6, 6.07) is 17.4. The molecule has 3 atom stereocenters. The number of hydrogen-bond acceptors (Lipinski definition) is 7. The molecule has 1 saturated heterocycles. The molecular weight excluding hydrogens is 450 g/mol. The van der Waals surface area contributed by atoms with Crippen molar-refractivity contribution < 1.29 is 28.2 Å². The standard InChI is InChI=1S/C26H35NO6Si/c1-23(2,3)34(7,8)33-24(30-5)18-25(31-6)27(19-14-10-9-11-15-19)21-17-13-12-16-20(21)26(24,32-25)22(28)29-4/h9-17H,18H2,1-8H3/t24-,25-,26+/m1/s1. The van der Waals surface area contributed by atoms with Crippen molar-refractivity contribution in [3.05, 3.63) is 60.2 Å². The van der Waals surface area contributed by atoms with Gasteiger partial charge in [-0.05, 0) is 36.3 Å². The highest BCUT2D eigenvalue weighted by atomic mass is 28.4. The number of hydrogen-bond donors (Lipinski definition) is 0. The van der Waals surface area contributed by atoms with Crippen molar-refractivity contribution in [3.63, 3.8) is 0 Å². The second kappa shape index (κ2) is 8.17. The van der Waals surface area contributed by atoms with Crippen LogP contribution in [0.25, 0.3) is 0 Å². The minimum atomic E-state index is -2.48. The highest BCUT2D eigenvalue weighted by molar-refractivity contribution is 6.74. The quantitative estimate of drug-likeness (QED) is 0.313. The predicted molar refractivity (Wildman–Crippen MR) is 132 cm³/mol. The minimum absolute atomic E-state index is 0.123. The molecule has 0 saturated carbocycles. The molecule has 0 amide bonds. The van der Waals surface area contributed by atoms with Crippen LogP contribution in [0.4, 0.5) is 11.4 Å². The molecule has 0 N–H and O–H groups in total. The third-order valence-corrected chi connectivity index (χ3v) is 12.0. The molecule has 4 rings (SSSR count). The predicted octanol–water partition coefficient (Wildman–Crippen LogP) is 5.29. The first-order chi connectivity index (χ1) is 15.9. The Kier molecular flexibility index (Phi) is 5.98. The van der Waals surface area contributed by atoms with E-state index in [-0.39, 0.29) is 11.5 Å². The molecule has 184 valence electrons. The maximum absolute atomic E-state index is 13.8. The summed E-state index contributed by atoms with van der Waals surface area (Å²) in [4.78, 5) is 15.7. The largest absolute Gasteiger partial charge is 0.466 e. The SMILES string of the molecule is COC(=O)[C@]12O[C@](OC)(C[C@@]1(OC)O[Si](C)(C)C(C)(C)C)N(c1ccccc1)c1ccccc12. The number of anilines is 2. The molecule has 2 heterocycles. The molecule has 0 radical (unpaired) electrons. The fourth-order valence-corrected chi connectivity index (χ4v) is 6.24. The van der Waals surface area contributed by atoms with Gasteiger partial charge in [-0.3, -0.25) is 4.90 Å². The smallest absolute Gasteiger partial charge is 0.348 e. The van der Waals surface area contributed by atoms with Crippen LogP contribution in [-0.2, 0) is 33.8 Å². The molecule has 0 spiro atoms. The third kappa shape index (κ3) is 3.27. The van der Waals surface area contributed by atoms with E-state index < -0.39 is 31.6 Å². The highest BCUT2D eigenvalue weighted by Gasteiger charge is 2.78. The van der Waals surface area contributed by atoms with Gasteiger partial charge in [0.25, 0.3) is 5.91 Å². The number of para-hydroxylation sites is 2. The molecule has 0 unspecified atom stereocenters. The summed E-state index contributed by atoms with van der Waals surface area (Å²) in [5.41, 5.74) is 0.542. The molecule has 2 aliphatic heterocycles. The van der Waals surface area contributed by atoms with Crippen LogP contribution in [0.1, 0.15) is 32.8 Å². The first-order valence-electron chi connectivity index (χ1n) is 11.5. The van der Waals surface area contributed by atoms with Crippen LogP contribution in [0.3, 0.4) is 0 Å². The molecule has 1 fully saturated rings. The molecule has 8 heteroatoms. The number of esters is 1. The number of methoxy groups -OCH3 is 3. The van der Waals surface area contributed by atoms with E-state index in [1.165, 1.54) is 7.11 Å². The zero-order chi connectivity index (χ0) is 25.0. The number of ether oxygens (including phenoxy) is 4. The van der Waals surface area contributed by atoms with Crippen LogP contribution in [0.2, 0.25) is 18.1 Å². The molecule has 34 heavy (non-hydrogen) atoms. The molecule has 0 aromatic heterocycles. The molecule has 0 aliphatic carbocycles. The molecule has 2 bridgehead atoms. The Balaban J connectivity index is 2.06. The van der Waals surface area contributed by atoms with E-state index in [4.69, 9.17) is 23.4 Å². The van der Waals surface area contributed by atoms with Gasteiger partial charge < -0.3 is 23.4 Å². The van der Waals surface area contributed by atoms with Crippen LogP contribution >= 0.6 is 0 Å². The normalized spacial score (nSPS) is 28.5. The zero-order valence-electron chi connectivity index (χ0n) is 21.3. The van der Waals surface area contributed by atoms with Gasteiger partial charge in [0.15, 0.2) is 8.32 Å². The summed E-state index contributed by atoms with van der Waals surface area (Å²) in [7, 11) is 2.00. The number of carbonyl (C=O) groups excluding carboxylic acids is 1. The summed E-state index contributed by atoms with van der Waals surface area (Å²) < 4.78 is 31.4. The Hall–Kier alpha value is -2.23. The van der Waals surface area contributed by atoms with Crippen LogP contribution in [0.5, 0.6) is 0 Å². The second-order valence-corrected chi connectivity index (χ2v) is 15.1. The van der Waals surface area contributed by atoms with Crippen molar-refractivity contribution in [3.8, 4) is 0 Å². The van der Waals surface area contributed by atoms with Crippen molar-refractivity contribution in [2.75, 3.05) is 26.2 Å². The number of benzene rings is 2. The lowest BCUT2D eigenvalue weighted by molar-refractivity contribution is -0.282. The van der Waals surface area contributed by atoms with Crippen LogP contribution in [0, 0.1) is 0 Å². The summed E-state index contributed by atoms with van der Waals surface area (Å²) in [5.74, 6) is -3.45. The van der Waals surface area contributed by atoms with Gasteiger partial charge in [-0.2, -0.15) is 0 Å². The molecule has 2 aromatic carbocycles. The summed E-state index contributed by atoms with van der Waals surface area (Å²) >= 11 is 0. The maximum atomic E-state index is 13.8. The summed E-state index contributed by atoms with van der Waals surface area (Å²) in [6.45, 7) is 10.7. The maximum Gasteiger partial charge on any atom is 0.348 e. The van der Waals surface area contributed by atoms with Crippen molar-refractivity contribution >= 4 is 25.7 Å². The van der Waals surface area contributed by atoms with Gasteiger partial charge >= 0.3 is 5.97 Å². The summed E-state index contributed by atoms with van der Waals surface area (Å²) in [5, 5.41) is -0.147. The Labute approximate surface area is 203 Å². The Morgan fingerprint density at radius 3 is 2.15 bits per heavy atom. The van der Waals surface area contributed by atoms with Gasteiger partial charge in [0.1, 0.15) is 0 Å². The van der Waals surface area contributed by atoms with Gasteiger partial charge in [-0.15, -0.1) is 0 Å². The average Bonchev–Trinajstić information content (AvgIpc) is 3.06. The Morgan fingerprint density at radius 1 is 0.971 bits per heavy atom. The zero-order valence-corrected chi connectivity index (χ0v) is 22.3. The average molecular weight is 486 g/mol. The van der Waals surface area contributed by atoms with Crippen LogP contribution < -0.4 is 4.90 Å². The van der Waals surface area contributed by atoms with Crippen LogP contribution in [0.15, 0.2) is 54.6 Å². The summed E-state index contributed by atoms with van der Waals surface area (Å²) in [6.07, 6.45) is 0.123. The van der Waals surface area contributed by atoms with E-state index in [2.05, 4.69) is 33.9 Å². The third-order valence-electron chi connectivity index (χ3n) is 7.53. The van der Waals surface area contributed by atoms with E-state index >= 15 is 0 Å².